The van der Waals surface area contributed by atoms with Crippen molar-refractivity contribution in [2.45, 2.75) is 0 Å². The molecule has 1 heterocycles. The standard InChI is InChI=1S/C18H14ClNO3S/c19-14-6-8-15(9-7-14)22-10-11-23-18(21)16-12-24-17(20-16)13-4-2-1-3-5-13/h1-9,12H,10-11H2. The topological polar surface area (TPSA) is 48.4 Å². The van der Waals surface area contributed by atoms with Crippen molar-refractivity contribution in [1.29, 1.82) is 0 Å². The van der Waals surface area contributed by atoms with Gasteiger partial charge in [0, 0.05) is 16.0 Å². The molecule has 3 rings (SSSR count). The summed E-state index contributed by atoms with van der Waals surface area (Å²) in [4.78, 5) is 16.3. The molecule has 2 aromatic carbocycles. The van der Waals surface area contributed by atoms with Crippen molar-refractivity contribution in [3.63, 3.8) is 0 Å². The molecule has 0 atom stereocenters. The Morgan fingerprint density at radius 2 is 1.79 bits per heavy atom. The highest BCUT2D eigenvalue weighted by Gasteiger charge is 2.13. The lowest BCUT2D eigenvalue weighted by Gasteiger charge is -2.06. The number of rotatable bonds is 6. The van der Waals surface area contributed by atoms with Gasteiger partial charge in [-0.05, 0) is 24.3 Å². The Labute approximate surface area is 148 Å². The van der Waals surface area contributed by atoms with Crippen LogP contribution in [0.2, 0.25) is 5.02 Å². The lowest BCUT2D eigenvalue weighted by molar-refractivity contribution is 0.0444. The van der Waals surface area contributed by atoms with Crippen molar-refractivity contribution in [2.75, 3.05) is 13.2 Å². The van der Waals surface area contributed by atoms with Crippen LogP contribution < -0.4 is 4.74 Å². The van der Waals surface area contributed by atoms with Gasteiger partial charge in [0.1, 0.15) is 24.0 Å². The van der Waals surface area contributed by atoms with Crippen molar-refractivity contribution in [2.24, 2.45) is 0 Å². The molecule has 4 nitrogen and oxygen atoms in total. The van der Waals surface area contributed by atoms with Gasteiger partial charge in [0.25, 0.3) is 0 Å². The molecule has 0 bridgehead atoms. The zero-order valence-corrected chi connectivity index (χ0v) is 14.2. The number of ether oxygens (including phenoxy) is 2. The monoisotopic (exact) mass is 359 g/mol. The van der Waals surface area contributed by atoms with Crippen molar-refractivity contribution in [1.82, 2.24) is 4.98 Å². The summed E-state index contributed by atoms with van der Waals surface area (Å²) in [5.41, 5.74) is 1.29. The van der Waals surface area contributed by atoms with Crippen LogP contribution >= 0.6 is 22.9 Å². The molecule has 0 spiro atoms. The Morgan fingerprint density at radius 3 is 2.54 bits per heavy atom. The zero-order valence-electron chi connectivity index (χ0n) is 12.6. The Bertz CT molecular complexity index is 803. The average molecular weight is 360 g/mol. The average Bonchev–Trinajstić information content (AvgIpc) is 3.11. The number of nitrogens with zero attached hydrogens (tertiary/aromatic N) is 1. The van der Waals surface area contributed by atoms with Crippen LogP contribution in [-0.2, 0) is 4.74 Å². The predicted octanol–water partition coefficient (Wildman–Crippen LogP) is 4.70. The van der Waals surface area contributed by atoms with Crippen molar-refractivity contribution < 1.29 is 14.3 Å². The van der Waals surface area contributed by atoms with E-state index in [9.17, 15) is 4.79 Å². The molecule has 0 amide bonds. The van der Waals surface area contributed by atoms with Gasteiger partial charge in [-0.15, -0.1) is 11.3 Å². The second-order valence-corrected chi connectivity index (χ2v) is 6.14. The quantitative estimate of drug-likeness (QED) is 0.473. The fourth-order valence-corrected chi connectivity index (χ4v) is 2.90. The summed E-state index contributed by atoms with van der Waals surface area (Å²) in [6, 6.07) is 16.7. The van der Waals surface area contributed by atoms with Crippen LogP contribution in [0.4, 0.5) is 0 Å². The zero-order chi connectivity index (χ0) is 16.8. The van der Waals surface area contributed by atoms with Gasteiger partial charge in [0.05, 0.1) is 0 Å². The maximum atomic E-state index is 12.0. The molecule has 122 valence electrons. The maximum Gasteiger partial charge on any atom is 0.357 e. The van der Waals surface area contributed by atoms with Gasteiger partial charge in [-0.2, -0.15) is 0 Å². The second kappa shape index (κ2) is 7.95. The van der Waals surface area contributed by atoms with E-state index < -0.39 is 5.97 Å². The minimum Gasteiger partial charge on any atom is -0.490 e. The van der Waals surface area contributed by atoms with E-state index in [0.29, 0.717) is 16.5 Å². The van der Waals surface area contributed by atoms with Crippen LogP contribution in [0, 0.1) is 0 Å². The van der Waals surface area contributed by atoms with E-state index >= 15 is 0 Å². The molecule has 1 aromatic heterocycles. The van der Waals surface area contributed by atoms with Gasteiger partial charge < -0.3 is 9.47 Å². The first-order valence-electron chi connectivity index (χ1n) is 7.29. The van der Waals surface area contributed by atoms with Gasteiger partial charge in [-0.1, -0.05) is 41.9 Å². The van der Waals surface area contributed by atoms with Gasteiger partial charge in [-0.3, -0.25) is 0 Å². The third-order valence-corrected chi connectivity index (χ3v) is 4.28. The molecule has 0 unspecified atom stereocenters. The third-order valence-electron chi connectivity index (χ3n) is 3.13. The Hall–Kier alpha value is -2.37. The fraction of sp³-hybridized carbons (Fsp3) is 0.111. The number of carbonyl (C=O) groups is 1. The summed E-state index contributed by atoms with van der Waals surface area (Å²) in [7, 11) is 0. The molecule has 24 heavy (non-hydrogen) atoms. The highest BCUT2D eigenvalue weighted by atomic mass is 35.5. The second-order valence-electron chi connectivity index (χ2n) is 4.84. The fourth-order valence-electron chi connectivity index (χ4n) is 1.98. The number of benzene rings is 2. The van der Waals surface area contributed by atoms with Crippen molar-refractivity contribution >= 4 is 28.9 Å². The van der Waals surface area contributed by atoms with Crippen LogP contribution in [-0.4, -0.2) is 24.2 Å². The molecule has 0 saturated carbocycles. The summed E-state index contributed by atoms with van der Waals surface area (Å²) in [5.74, 6) is 0.226. The summed E-state index contributed by atoms with van der Waals surface area (Å²) >= 11 is 7.21. The molecule has 0 radical (unpaired) electrons. The molecule has 0 aliphatic carbocycles. The van der Waals surface area contributed by atoms with Gasteiger partial charge in [-0.25, -0.2) is 9.78 Å². The lowest BCUT2D eigenvalue weighted by Crippen LogP contribution is -2.12. The molecule has 3 aromatic rings. The number of halogens is 1. The van der Waals surface area contributed by atoms with Crippen LogP contribution in [0.25, 0.3) is 10.6 Å². The number of esters is 1. The van der Waals surface area contributed by atoms with E-state index in [4.69, 9.17) is 21.1 Å². The molecular formula is C18H14ClNO3S. The van der Waals surface area contributed by atoms with Crippen LogP contribution in [0.3, 0.4) is 0 Å². The SMILES string of the molecule is O=C(OCCOc1ccc(Cl)cc1)c1csc(-c2ccccc2)n1. The number of hydrogen-bond donors (Lipinski definition) is 0. The highest BCUT2D eigenvalue weighted by molar-refractivity contribution is 7.13. The number of hydrogen-bond acceptors (Lipinski definition) is 5. The first kappa shape index (κ1) is 16.5. The molecule has 0 N–H and O–H groups in total. The molecular weight excluding hydrogens is 346 g/mol. The van der Waals surface area contributed by atoms with Gasteiger partial charge in [0.2, 0.25) is 0 Å². The first-order chi connectivity index (χ1) is 11.7. The number of thiazole rings is 1. The van der Waals surface area contributed by atoms with E-state index in [1.807, 2.05) is 30.3 Å². The minimum absolute atomic E-state index is 0.152. The van der Waals surface area contributed by atoms with E-state index in [2.05, 4.69) is 4.98 Å². The molecule has 0 fully saturated rings. The van der Waals surface area contributed by atoms with Gasteiger partial charge >= 0.3 is 5.97 Å². The summed E-state index contributed by atoms with van der Waals surface area (Å²) in [6.45, 7) is 0.419. The van der Waals surface area contributed by atoms with Crippen LogP contribution in [0.15, 0.2) is 60.0 Å². The van der Waals surface area contributed by atoms with Crippen LogP contribution in [0.1, 0.15) is 10.5 Å². The highest BCUT2D eigenvalue weighted by Crippen LogP contribution is 2.23. The third kappa shape index (κ3) is 4.34. The molecule has 0 aliphatic heterocycles. The summed E-state index contributed by atoms with van der Waals surface area (Å²) in [5, 5.41) is 3.14. The lowest BCUT2D eigenvalue weighted by atomic mass is 10.2. The molecule has 0 saturated heterocycles. The predicted molar refractivity (Wildman–Crippen MR) is 94.8 cm³/mol. The Kier molecular flexibility index (Phi) is 5.46. The van der Waals surface area contributed by atoms with E-state index in [1.54, 1.807) is 29.6 Å². The normalized spacial score (nSPS) is 10.4. The van der Waals surface area contributed by atoms with Crippen LogP contribution in [0.5, 0.6) is 5.75 Å². The van der Waals surface area contributed by atoms with E-state index in [1.165, 1.54) is 11.3 Å². The number of aromatic nitrogens is 1. The van der Waals surface area contributed by atoms with Crippen molar-refractivity contribution in [3.8, 4) is 16.3 Å². The minimum atomic E-state index is -0.451. The Morgan fingerprint density at radius 1 is 1.04 bits per heavy atom. The van der Waals surface area contributed by atoms with E-state index in [-0.39, 0.29) is 13.2 Å². The van der Waals surface area contributed by atoms with E-state index in [0.717, 1.165) is 10.6 Å². The Balaban J connectivity index is 1.49. The maximum absolute atomic E-state index is 12.0. The van der Waals surface area contributed by atoms with Crippen molar-refractivity contribution in [3.05, 3.63) is 70.7 Å². The molecule has 0 aliphatic rings. The van der Waals surface area contributed by atoms with Gasteiger partial charge in [0.15, 0.2) is 5.69 Å². The smallest absolute Gasteiger partial charge is 0.357 e. The molecule has 6 heteroatoms. The number of carbonyl (C=O) groups excluding carboxylic acids is 1. The largest absolute Gasteiger partial charge is 0.490 e. The summed E-state index contributed by atoms with van der Waals surface area (Å²) in [6.07, 6.45) is 0. The summed E-state index contributed by atoms with van der Waals surface area (Å²) < 4.78 is 10.6. The first-order valence-corrected chi connectivity index (χ1v) is 8.54.